The van der Waals surface area contributed by atoms with Crippen LogP contribution >= 0.6 is 0 Å². The molecule has 1 aromatic rings. The average molecular weight is 248 g/mol. The van der Waals surface area contributed by atoms with E-state index in [2.05, 4.69) is 23.5 Å². The molecular formula is C14H20N2O2. The highest BCUT2D eigenvalue weighted by Crippen LogP contribution is 2.26. The third-order valence-electron chi connectivity index (χ3n) is 3.63. The standard InChI is InChI=1S/C14H20N2O2/c1-15-13(14(17)18)9-16(2)12-7-6-10-4-3-5-11(10)8-12/h6-8,13,15H,3-5,9H2,1-2H3,(H,17,18). The molecule has 0 heterocycles. The molecule has 1 unspecified atom stereocenters. The first kappa shape index (κ1) is 12.9. The lowest BCUT2D eigenvalue weighted by atomic mass is 10.1. The molecule has 4 nitrogen and oxygen atoms in total. The van der Waals surface area contributed by atoms with Crippen molar-refractivity contribution in [2.24, 2.45) is 0 Å². The van der Waals surface area contributed by atoms with Gasteiger partial charge < -0.3 is 15.3 Å². The Labute approximate surface area is 108 Å². The molecule has 0 saturated heterocycles. The fraction of sp³-hybridized carbons (Fsp3) is 0.500. The number of hydrogen-bond donors (Lipinski definition) is 2. The quantitative estimate of drug-likeness (QED) is 0.824. The fourth-order valence-electron chi connectivity index (χ4n) is 2.47. The van der Waals surface area contributed by atoms with Crippen LogP contribution in [0.2, 0.25) is 0 Å². The van der Waals surface area contributed by atoms with E-state index in [9.17, 15) is 4.79 Å². The van der Waals surface area contributed by atoms with Crippen molar-refractivity contribution in [2.75, 3.05) is 25.5 Å². The summed E-state index contributed by atoms with van der Waals surface area (Å²) in [5.41, 5.74) is 3.95. The molecule has 0 amide bonds. The monoisotopic (exact) mass is 248 g/mol. The van der Waals surface area contributed by atoms with E-state index in [0.29, 0.717) is 6.54 Å². The van der Waals surface area contributed by atoms with Crippen molar-refractivity contribution < 1.29 is 9.90 Å². The van der Waals surface area contributed by atoms with Gasteiger partial charge in [0.05, 0.1) is 0 Å². The number of carboxylic acid groups (broad SMARTS) is 1. The van der Waals surface area contributed by atoms with Crippen LogP contribution < -0.4 is 10.2 Å². The van der Waals surface area contributed by atoms with Gasteiger partial charge in [-0.05, 0) is 49.6 Å². The van der Waals surface area contributed by atoms with Crippen molar-refractivity contribution in [1.29, 1.82) is 0 Å². The SMILES string of the molecule is CNC(CN(C)c1ccc2c(c1)CCC2)C(=O)O. The van der Waals surface area contributed by atoms with Crippen LogP contribution in [0, 0.1) is 0 Å². The fourth-order valence-corrected chi connectivity index (χ4v) is 2.47. The first-order valence-electron chi connectivity index (χ1n) is 6.35. The molecule has 0 aliphatic heterocycles. The van der Waals surface area contributed by atoms with Gasteiger partial charge in [0, 0.05) is 19.3 Å². The van der Waals surface area contributed by atoms with Crippen LogP contribution in [0.3, 0.4) is 0 Å². The first-order chi connectivity index (χ1) is 8.61. The molecule has 2 N–H and O–H groups in total. The highest BCUT2D eigenvalue weighted by molar-refractivity contribution is 5.74. The molecule has 0 aromatic heterocycles. The van der Waals surface area contributed by atoms with Crippen molar-refractivity contribution in [2.45, 2.75) is 25.3 Å². The molecule has 0 radical (unpaired) electrons. The van der Waals surface area contributed by atoms with Gasteiger partial charge in [0.15, 0.2) is 0 Å². The summed E-state index contributed by atoms with van der Waals surface area (Å²) in [6.07, 6.45) is 3.55. The predicted octanol–water partition coefficient (Wildman–Crippen LogP) is 1.28. The molecule has 0 saturated carbocycles. The Kier molecular flexibility index (Phi) is 3.87. The number of fused-ring (bicyclic) bond motifs is 1. The molecule has 98 valence electrons. The van der Waals surface area contributed by atoms with Gasteiger partial charge in [0.25, 0.3) is 0 Å². The Hall–Kier alpha value is -1.55. The van der Waals surface area contributed by atoms with E-state index in [1.807, 2.05) is 11.9 Å². The minimum Gasteiger partial charge on any atom is -0.480 e. The van der Waals surface area contributed by atoms with E-state index in [-0.39, 0.29) is 0 Å². The molecule has 0 bridgehead atoms. The van der Waals surface area contributed by atoms with E-state index >= 15 is 0 Å². The van der Waals surface area contributed by atoms with E-state index in [4.69, 9.17) is 5.11 Å². The summed E-state index contributed by atoms with van der Waals surface area (Å²) in [6.45, 7) is 0.463. The predicted molar refractivity (Wildman–Crippen MR) is 72.2 cm³/mol. The number of benzene rings is 1. The second-order valence-electron chi connectivity index (χ2n) is 4.87. The Morgan fingerprint density at radius 2 is 2.17 bits per heavy atom. The Balaban J connectivity index is 2.09. The van der Waals surface area contributed by atoms with Crippen LogP contribution in [0.25, 0.3) is 0 Å². The van der Waals surface area contributed by atoms with Gasteiger partial charge in [-0.25, -0.2) is 0 Å². The average Bonchev–Trinajstić information content (AvgIpc) is 2.82. The number of anilines is 1. The third kappa shape index (κ3) is 2.64. The number of carbonyl (C=O) groups is 1. The van der Waals surface area contributed by atoms with Gasteiger partial charge in [-0.1, -0.05) is 6.07 Å². The first-order valence-corrected chi connectivity index (χ1v) is 6.35. The summed E-state index contributed by atoms with van der Waals surface area (Å²) in [5, 5.41) is 11.8. The number of aryl methyl sites for hydroxylation is 2. The van der Waals surface area contributed by atoms with Crippen LogP contribution in [-0.4, -0.2) is 37.8 Å². The summed E-state index contributed by atoms with van der Waals surface area (Å²) >= 11 is 0. The Morgan fingerprint density at radius 1 is 1.44 bits per heavy atom. The van der Waals surface area contributed by atoms with Crippen molar-refractivity contribution >= 4 is 11.7 Å². The highest BCUT2D eigenvalue weighted by Gasteiger charge is 2.18. The van der Waals surface area contributed by atoms with E-state index in [0.717, 1.165) is 12.1 Å². The van der Waals surface area contributed by atoms with Gasteiger partial charge in [0.2, 0.25) is 0 Å². The maximum absolute atomic E-state index is 11.0. The summed E-state index contributed by atoms with van der Waals surface area (Å²) < 4.78 is 0. The molecule has 18 heavy (non-hydrogen) atoms. The van der Waals surface area contributed by atoms with Crippen LogP contribution in [0.4, 0.5) is 5.69 Å². The minimum absolute atomic E-state index is 0.463. The van der Waals surface area contributed by atoms with Gasteiger partial charge in [-0.3, -0.25) is 4.79 Å². The molecule has 1 aliphatic rings. The lowest BCUT2D eigenvalue weighted by Gasteiger charge is -2.23. The molecule has 1 aromatic carbocycles. The third-order valence-corrected chi connectivity index (χ3v) is 3.63. The van der Waals surface area contributed by atoms with E-state index in [1.54, 1.807) is 7.05 Å². The second-order valence-corrected chi connectivity index (χ2v) is 4.87. The van der Waals surface area contributed by atoms with Crippen molar-refractivity contribution in [1.82, 2.24) is 5.32 Å². The summed E-state index contributed by atoms with van der Waals surface area (Å²) in [4.78, 5) is 13.0. The van der Waals surface area contributed by atoms with Crippen LogP contribution in [0.5, 0.6) is 0 Å². The van der Waals surface area contributed by atoms with Gasteiger partial charge in [-0.2, -0.15) is 0 Å². The normalized spacial score (nSPS) is 15.2. The molecule has 0 spiro atoms. The molecule has 0 fully saturated rings. The highest BCUT2D eigenvalue weighted by atomic mass is 16.4. The zero-order chi connectivity index (χ0) is 13.1. The largest absolute Gasteiger partial charge is 0.480 e. The number of carboxylic acids is 1. The summed E-state index contributed by atoms with van der Waals surface area (Å²) in [7, 11) is 3.61. The van der Waals surface area contributed by atoms with Gasteiger partial charge >= 0.3 is 5.97 Å². The maximum Gasteiger partial charge on any atom is 0.322 e. The number of nitrogens with zero attached hydrogens (tertiary/aromatic N) is 1. The summed E-state index contributed by atoms with van der Waals surface area (Å²) in [6, 6.07) is 5.90. The Bertz CT molecular complexity index is 445. The second kappa shape index (κ2) is 5.40. The van der Waals surface area contributed by atoms with E-state index in [1.165, 1.54) is 24.0 Å². The smallest absolute Gasteiger partial charge is 0.322 e. The lowest BCUT2D eigenvalue weighted by molar-refractivity contribution is -0.139. The maximum atomic E-state index is 11.0. The zero-order valence-electron chi connectivity index (χ0n) is 10.9. The molecular weight excluding hydrogens is 228 g/mol. The zero-order valence-corrected chi connectivity index (χ0v) is 10.9. The number of rotatable bonds is 5. The van der Waals surface area contributed by atoms with Crippen LogP contribution in [0.15, 0.2) is 18.2 Å². The number of hydrogen-bond acceptors (Lipinski definition) is 3. The van der Waals surface area contributed by atoms with Crippen molar-refractivity contribution in [3.05, 3.63) is 29.3 Å². The topological polar surface area (TPSA) is 52.6 Å². The van der Waals surface area contributed by atoms with Crippen LogP contribution in [-0.2, 0) is 17.6 Å². The van der Waals surface area contributed by atoms with Gasteiger partial charge in [-0.15, -0.1) is 0 Å². The Morgan fingerprint density at radius 3 is 2.83 bits per heavy atom. The molecule has 1 aliphatic carbocycles. The summed E-state index contributed by atoms with van der Waals surface area (Å²) in [5.74, 6) is -0.814. The number of aliphatic carboxylic acids is 1. The van der Waals surface area contributed by atoms with E-state index < -0.39 is 12.0 Å². The van der Waals surface area contributed by atoms with Crippen molar-refractivity contribution in [3.63, 3.8) is 0 Å². The molecule has 4 heteroatoms. The minimum atomic E-state index is -0.814. The lowest BCUT2D eigenvalue weighted by Crippen LogP contribution is -2.43. The van der Waals surface area contributed by atoms with Crippen LogP contribution in [0.1, 0.15) is 17.5 Å². The number of nitrogens with one attached hydrogen (secondary N) is 1. The van der Waals surface area contributed by atoms with Gasteiger partial charge in [0.1, 0.15) is 6.04 Å². The molecule has 2 rings (SSSR count). The molecule has 1 atom stereocenters. The number of likely N-dealkylation sites (N-methyl/N-ethyl adjacent to an activating group) is 2. The van der Waals surface area contributed by atoms with Crippen molar-refractivity contribution in [3.8, 4) is 0 Å².